The minimum absolute atomic E-state index is 0.134. The van der Waals surface area contributed by atoms with Crippen molar-refractivity contribution in [3.63, 3.8) is 0 Å². The third kappa shape index (κ3) is 5.38. The molecule has 33 heavy (non-hydrogen) atoms. The van der Waals surface area contributed by atoms with E-state index in [4.69, 9.17) is 0 Å². The van der Waals surface area contributed by atoms with Gasteiger partial charge in [0.25, 0.3) is 5.91 Å². The van der Waals surface area contributed by atoms with Crippen molar-refractivity contribution in [3.05, 3.63) is 90.0 Å². The number of carbonyl (C=O) groups excluding carboxylic acids is 1. The molecular weight excluding hydrogens is 434 g/mol. The van der Waals surface area contributed by atoms with E-state index in [2.05, 4.69) is 22.7 Å². The lowest BCUT2D eigenvalue weighted by molar-refractivity contribution is 0.0954. The first kappa shape index (κ1) is 22.9. The first-order chi connectivity index (χ1) is 15.9. The Morgan fingerprint density at radius 2 is 1.48 bits per heavy atom. The number of benzene rings is 3. The van der Waals surface area contributed by atoms with Gasteiger partial charge in [-0.2, -0.15) is 9.41 Å². The SMILES string of the molecule is CC(=NNC(=O)c1cccc(S(=O)(=O)N2CCCCC2)c1)c1ccc(-c2ccccc2)cc1. The van der Waals surface area contributed by atoms with Crippen LogP contribution in [0.25, 0.3) is 11.1 Å². The van der Waals surface area contributed by atoms with Crippen molar-refractivity contribution in [1.82, 2.24) is 9.73 Å². The lowest BCUT2D eigenvalue weighted by atomic mass is 10.0. The number of rotatable bonds is 6. The van der Waals surface area contributed by atoms with Crippen molar-refractivity contribution in [2.75, 3.05) is 13.1 Å². The molecule has 0 spiro atoms. The molecule has 0 aromatic heterocycles. The first-order valence-electron chi connectivity index (χ1n) is 11.1. The number of piperidine rings is 1. The smallest absolute Gasteiger partial charge is 0.267 e. The van der Waals surface area contributed by atoms with E-state index in [0.717, 1.165) is 36.0 Å². The summed E-state index contributed by atoms with van der Waals surface area (Å²) >= 11 is 0. The summed E-state index contributed by atoms with van der Waals surface area (Å²) in [6, 6.07) is 24.1. The zero-order valence-electron chi connectivity index (χ0n) is 18.6. The average Bonchev–Trinajstić information content (AvgIpc) is 2.88. The van der Waals surface area contributed by atoms with Gasteiger partial charge >= 0.3 is 0 Å². The van der Waals surface area contributed by atoms with Gasteiger partial charge < -0.3 is 0 Å². The van der Waals surface area contributed by atoms with Crippen molar-refractivity contribution in [2.24, 2.45) is 5.10 Å². The molecule has 1 heterocycles. The number of hydrazone groups is 1. The number of hydrogen-bond donors (Lipinski definition) is 1. The highest BCUT2D eigenvalue weighted by Crippen LogP contribution is 2.22. The molecule has 3 aromatic rings. The molecule has 170 valence electrons. The van der Waals surface area contributed by atoms with Crippen molar-refractivity contribution in [1.29, 1.82) is 0 Å². The second-order valence-electron chi connectivity index (χ2n) is 8.07. The van der Waals surface area contributed by atoms with Crippen molar-refractivity contribution < 1.29 is 13.2 Å². The zero-order chi connectivity index (χ0) is 23.3. The van der Waals surface area contributed by atoms with Gasteiger partial charge in [0.15, 0.2) is 0 Å². The summed E-state index contributed by atoms with van der Waals surface area (Å²) in [6.07, 6.45) is 2.76. The van der Waals surface area contributed by atoms with E-state index >= 15 is 0 Å². The van der Waals surface area contributed by atoms with E-state index in [1.54, 1.807) is 12.1 Å². The molecule has 1 aliphatic heterocycles. The van der Waals surface area contributed by atoms with Crippen LogP contribution in [-0.2, 0) is 10.0 Å². The summed E-state index contributed by atoms with van der Waals surface area (Å²) in [4.78, 5) is 12.8. The number of carbonyl (C=O) groups is 1. The van der Waals surface area contributed by atoms with Crippen LogP contribution >= 0.6 is 0 Å². The zero-order valence-corrected chi connectivity index (χ0v) is 19.4. The summed E-state index contributed by atoms with van der Waals surface area (Å²) in [6.45, 7) is 2.85. The van der Waals surface area contributed by atoms with Crippen molar-refractivity contribution in [2.45, 2.75) is 31.1 Å². The molecule has 7 heteroatoms. The van der Waals surface area contributed by atoms with Crippen LogP contribution in [0.15, 0.2) is 88.9 Å². The Balaban J connectivity index is 1.45. The molecule has 1 aliphatic rings. The molecule has 1 fully saturated rings. The summed E-state index contributed by atoms with van der Waals surface area (Å²) in [5.74, 6) is -0.453. The van der Waals surface area contributed by atoms with Crippen molar-refractivity contribution in [3.8, 4) is 11.1 Å². The molecule has 4 rings (SSSR count). The van der Waals surface area contributed by atoms with E-state index in [0.29, 0.717) is 18.8 Å². The van der Waals surface area contributed by atoms with Crippen LogP contribution < -0.4 is 5.43 Å². The first-order valence-corrected chi connectivity index (χ1v) is 12.5. The number of nitrogens with one attached hydrogen (secondary N) is 1. The van der Waals surface area contributed by atoms with Gasteiger partial charge in [-0.05, 0) is 54.7 Å². The molecule has 0 radical (unpaired) electrons. The number of amides is 1. The average molecular weight is 462 g/mol. The lowest BCUT2D eigenvalue weighted by Crippen LogP contribution is -2.35. The second kappa shape index (κ2) is 10.1. The second-order valence-corrected chi connectivity index (χ2v) is 10.0. The fraction of sp³-hybridized carbons (Fsp3) is 0.231. The summed E-state index contributed by atoms with van der Waals surface area (Å²) < 4.78 is 27.3. The minimum atomic E-state index is -3.60. The lowest BCUT2D eigenvalue weighted by Gasteiger charge is -2.25. The summed E-state index contributed by atoms with van der Waals surface area (Å²) in [5, 5.41) is 4.21. The summed E-state index contributed by atoms with van der Waals surface area (Å²) in [5.41, 5.74) is 6.57. The van der Waals surface area contributed by atoms with E-state index in [9.17, 15) is 13.2 Å². The predicted molar refractivity (Wildman–Crippen MR) is 131 cm³/mol. The normalized spacial score (nSPS) is 15.2. The molecule has 0 unspecified atom stereocenters. The van der Waals surface area contributed by atoms with Crippen LogP contribution in [0.4, 0.5) is 0 Å². The van der Waals surface area contributed by atoms with Gasteiger partial charge in [0.2, 0.25) is 10.0 Å². The van der Waals surface area contributed by atoms with Crippen LogP contribution in [-0.4, -0.2) is 37.4 Å². The van der Waals surface area contributed by atoms with Crippen LogP contribution in [0.2, 0.25) is 0 Å². The number of nitrogens with zero attached hydrogens (tertiary/aromatic N) is 2. The topological polar surface area (TPSA) is 78.8 Å². The van der Waals surface area contributed by atoms with Crippen LogP contribution in [0.3, 0.4) is 0 Å². The molecule has 1 saturated heterocycles. The third-order valence-corrected chi connectivity index (χ3v) is 7.68. The highest BCUT2D eigenvalue weighted by Gasteiger charge is 2.26. The van der Waals surface area contributed by atoms with Crippen LogP contribution in [0, 0.1) is 0 Å². The highest BCUT2D eigenvalue weighted by molar-refractivity contribution is 7.89. The fourth-order valence-corrected chi connectivity index (χ4v) is 5.41. The largest absolute Gasteiger partial charge is 0.271 e. The third-order valence-electron chi connectivity index (χ3n) is 5.78. The highest BCUT2D eigenvalue weighted by atomic mass is 32.2. The van der Waals surface area contributed by atoms with Gasteiger partial charge in [0.1, 0.15) is 0 Å². The Labute approximate surface area is 195 Å². The standard InChI is InChI=1S/C26H27N3O3S/c1-20(21-13-15-23(16-14-21)22-9-4-2-5-10-22)27-28-26(30)24-11-8-12-25(19-24)33(31,32)29-17-6-3-7-18-29/h2,4-5,8-16,19H,3,6-7,17-18H2,1H3,(H,28,30). The molecule has 0 aliphatic carbocycles. The van der Waals surface area contributed by atoms with Gasteiger partial charge in [0, 0.05) is 18.7 Å². The minimum Gasteiger partial charge on any atom is -0.267 e. The van der Waals surface area contributed by atoms with Crippen LogP contribution in [0.1, 0.15) is 42.1 Å². The van der Waals surface area contributed by atoms with Crippen LogP contribution in [0.5, 0.6) is 0 Å². The Morgan fingerprint density at radius 3 is 2.18 bits per heavy atom. The monoisotopic (exact) mass is 461 g/mol. The van der Waals surface area contributed by atoms with Gasteiger partial charge in [0.05, 0.1) is 10.6 Å². The number of hydrogen-bond acceptors (Lipinski definition) is 4. The van der Waals surface area contributed by atoms with Crippen molar-refractivity contribution >= 4 is 21.6 Å². The Hall–Kier alpha value is -3.29. The quantitative estimate of drug-likeness (QED) is 0.428. The molecule has 0 atom stereocenters. The van der Waals surface area contributed by atoms with Gasteiger partial charge in [-0.3, -0.25) is 4.79 Å². The van der Waals surface area contributed by atoms with Gasteiger partial charge in [-0.1, -0.05) is 67.1 Å². The molecule has 1 amide bonds. The Kier molecular flexibility index (Phi) is 7.01. The Morgan fingerprint density at radius 1 is 0.818 bits per heavy atom. The maximum absolute atomic E-state index is 12.9. The Bertz CT molecular complexity index is 1250. The molecule has 6 nitrogen and oxygen atoms in total. The molecule has 0 bridgehead atoms. The molecule has 1 N–H and O–H groups in total. The van der Waals surface area contributed by atoms with E-state index in [-0.39, 0.29) is 10.5 Å². The molecule has 3 aromatic carbocycles. The van der Waals surface area contributed by atoms with E-state index in [1.807, 2.05) is 49.4 Å². The van der Waals surface area contributed by atoms with E-state index in [1.165, 1.54) is 16.4 Å². The van der Waals surface area contributed by atoms with Gasteiger partial charge in [-0.25, -0.2) is 13.8 Å². The number of sulfonamides is 1. The van der Waals surface area contributed by atoms with Gasteiger partial charge in [-0.15, -0.1) is 0 Å². The fourth-order valence-electron chi connectivity index (χ4n) is 3.85. The molecular formula is C26H27N3O3S. The predicted octanol–water partition coefficient (Wildman–Crippen LogP) is 4.68. The van der Waals surface area contributed by atoms with E-state index < -0.39 is 15.9 Å². The maximum atomic E-state index is 12.9. The maximum Gasteiger partial charge on any atom is 0.271 e. The summed E-state index contributed by atoms with van der Waals surface area (Å²) in [7, 11) is -3.60. The molecule has 0 saturated carbocycles.